The minimum Gasteiger partial charge on any atom is -0.383 e. The maximum absolute atomic E-state index is 7.93. The van der Waals surface area contributed by atoms with Gasteiger partial charge in [-0.2, -0.15) is 4.98 Å². The number of rotatable bonds is 11. The number of halogens is 1. The maximum atomic E-state index is 7.93. The zero-order valence-corrected chi connectivity index (χ0v) is 22.8. The first-order valence-corrected chi connectivity index (χ1v) is 13.8. The highest BCUT2D eigenvalue weighted by Crippen LogP contribution is 2.37. The molecule has 2 aromatic heterocycles. The average molecular weight is 552 g/mol. The fraction of sp³-hybridized carbons (Fsp3) is 0.500. The molecule has 12 nitrogen and oxygen atoms in total. The second kappa shape index (κ2) is 11.0. The summed E-state index contributed by atoms with van der Waals surface area (Å²) in [6.45, 7) is 7.64. The Bertz CT molecular complexity index is 1360. The quantitative estimate of drug-likeness (QED) is 0.265. The number of nitrogens with one attached hydrogen (secondary N) is 4. The lowest BCUT2D eigenvalue weighted by molar-refractivity contribution is 0.0159. The number of likely N-dealkylation sites (tertiary alicyclic amines) is 1. The molecule has 13 heteroatoms. The Morgan fingerprint density at radius 2 is 1.92 bits per heavy atom. The first kappa shape index (κ1) is 25.9. The molecule has 0 atom stereocenters. The summed E-state index contributed by atoms with van der Waals surface area (Å²) in [6, 6.07) is 4.79. The van der Waals surface area contributed by atoms with Gasteiger partial charge >= 0.3 is 0 Å². The summed E-state index contributed by atoms with van der Waals surface area (Å²) in [5, 5.41) is 27.5. The van der Waals surface area contributed by atoms with Crippen LogP contribution in [0.4, 0.5) is 23.1 Å². The minimum atomic E-state index is 0.342. The van der Waals surface area contributed by atoms with Crippen LogP contribution in [-0.2, 0) is 4.74 Å². The van der Waals surface area contributed by atoms with Crippen LogP contribution in [0.2, 0.25) is 5.02 Å². The Morgan fingerprint density at radius 3 is 2.62 bits per heavy atom. The molecule has 1 aliphatic carbocycles. The Balaban J connectivity index is 1.20. The van der Waals surface area contributed by atoms with E-state index in [1.807, 2.05) is 12.1 Å². The van der Waals surface area contributed by atoms with Crippen LogP contribution in [0.15, 0.2) is 18.3 Å². The van der Waals surface area contributed by atoms with Gasteiger partial charge in [-0.3, -0.25) is 9.80 Å². The number of anilines is 4. The molecule has 2 saturated heterocycles. The van der Waals surface area contributed by atoms with Crippen molar-refractivity contribution in [3.63, 3.8) is 0 Å². The van der Waals surface area contributed by atoms with Crippen molar-refractivity contribution >= 4 is 52.8 Å². The monoisotopic (exact) mass is 551 g/mol. The third kappa shape index (κ3) is 5.42. The first-order valence-electron chi connectivity index (χ1n) is 13.4. The first-order chi connectivity index (χ1) is 19.1. The predicted octanol–water partition coefficient (Wildman–Crippen LogP) is 2.54. The summed E-state index contributed by atoms with van der Waals surface area (Å²) in [5.41, 5.74) is 3.41. The molecule has 2 aliphatic heterocycles. The van der Waals surface area contributed by atoms with Gasteiger partial charge in [0.25, 0.3) is 0 Å². The molecule has 1 aromatic carbocycles. The molecular weight excluding hydrogens is 518 g/mol. The lowest BCUT2D eigenvalue weighted by Gasteiger charge is -2.48. The van der Waals surface area contributed by atoms with E-state index < -0.39 is 0 Å². The largest absolute Gasteiger partial charge is 0.383 e. The number of benzene rings is 1. The number of aromatic nitrogens is 4. The SMILES string of the molecule is COCCN1CC(N2CCN(c3cc(C=N)cc(Nc4nc(NC5CC5)c5ncc(C=N)n5n4)c3Cl)CC2)C1. The van der Waals surface area contributed by atoms with Crippen molar-refractivity contribution in [2.24, 2.45) is 0 Å². The van der Waals surface area contributed by atoms with Crippen molar-refractivity contribution in [3.05, 3.63) is 34.6 Å². The van der Waals surface area contributed by atoms with E-state index in [1.54, 1.807) is 17.8 Å². The molecule has 6 rings (SSSR count). The summed E-state index contributed by atoms with van der Waals surface area (Å²) in [7, 11) is 1.75. The van der Waals surface area contributed by atoms with Gasteiger partial charge in [0, 0.05) is 77.4 Å². The summed E-state index contributed by atoms with van der Waals surface area (Å²) in [6.07, 6.45) is 6.34. The predicted molar refractivity (Wildman–Crippen MR) is 154 cm³/mol. The Morgan fingerprint density at radius 1 is 1.13 bits per heavy atom. The number of nitrogens with zero attached hydrogens (tertiary/aromatic N) is 7. The molecule has 4 heterocycles. The highest BCUT2D eigenvalue weighted by atomic mass is 35.5. The van der Waals surface area contributed by atoms with Crippen LogP contribution in [0, 0.1) is 10.8 Å². The fourth-order valence-corrected chi connectivity index (χ4v) is 5.50. The molecule has 3 fully saturated rings. The number of ether oxygens (including phenoxy) is 1. The highest BCUT2D eigenvalue weighted by molar-refractivity contribution is 6.36. The van der Waals surface area contributed by atoms with E-state index >= 15 is 0 Å². The zero-order chi connectivity index (χ0) is 26.9. The molecule has 3 aromatic rings. The number of hydrogen-bond donors (Lipinski definition) is 4. The van der Waals surface area contributed by atoms with Crippen LogP contribution in [0.3, 0.4) is 0 Å². The van der Waals surface area contributed by atoms with Gasteiger partial charge in [-0.05, 0) is 30.5 Å². The molecule has 3 aliphatic rings. The van der Waals surface area contributed by atoms with Crippen molar-refractivity contribution in [1.29, 1.82) is 10.8 Å². The lowest BCUT2D eigenvalue weighted by atomic mass is 10.1. The van der Waals surface area contributed by atoms with E-state index in [4.69, 9.17) is 32.1 Å². The van der Waals surface area contributed by atoms with Crippen molar-refractivity contribution in [1.82, 2.24) is 29.4 Å². The van der Waals surface area contributed by atoms with E-state index in [0.717, 1.165) is 76.5 Å². The van der Waals surface area contributed by atoms with Gasteiger partial charge in [0.2, 0.25) is 5.95 Å². The normalized spacial score (nSPS) is 18.8. The number of hydrogen-bond acceptors (Lipinski definition) is 11. The molecule has 0 unspecified atom stereocenters. The number of piperazine rings is 1. The van der Waals surface area contributed by atoms with E-state index in [2.05, 4.69) is 35.4 Å². The third-order valence-electron chi connectivity index (χ3n) is 7.66. The van der Waals surface area contributed by atoms with Crippen LogP contribution < -0.4 is 15.5 Å². The smallest absolute Gasteiger partial charge is 0.247 e. The summed E-state index contributed by atoms with van der Waals surface area (Å²) in [5.74, 6) is 0.963. The summed E-state index contributed by atoms with van der Waals surface area (Å²) < 4.78 is 6.81. The maximum Gasteiger partial charge on any atom is 0.247 e. The molecule has 0 radical (unpaired) electrons. The second-order valence-corrected chi connectivity index (χ2v) is 10.7. The van der Waals surface area contributed by atoms with E-state index in [9.17, 15) is 0 Å². The lowest BCUT2D eigenvalue weighted by Crippen LogP contribution is -2.63. The second-order valence-electron chi connectivity index (χ2n) is 10.4. The summed E-state index contributed by atoms with van der Waals surface area (Å²) >= 11 is 6.98. The van der Waals surface area contributed by atoms with Crippen molar-refractivity contribution in [2.45, 2.75) is 24.9 Å². The Hall–Kier alpha value is -3.32. The number of imidazole rings is 1. The molecule has 0 amide bonds. The molecule has 206 valence electrons. The van der Waals surface area contributed by atoms with Crippen molar-refractivity contribution in [3.8, 4) is 0 Å². The van der Waals surface area contributed by atoms with Crippen LogP contribution in [0.25, 0.3) is 5.65 Å². The molecule has 0 spiro atoms. The number of fused-ring (bicyclic) bond motifs is 1. The van der Waals surface area contributed by atoms with Gasteiger partial charge < -0.3 is 31.1 Å². The zero-order valence-electron chi connectivity index (χ0n) is 22.0. The molecular formula is C26H34ClN11O. The van der Waals surface area contributed by atoms with Crippen molar-refractivity contribution < 1.29 is 4.74 Å². The van der Waals surface area contributed by atoms with E-state index in [-0.39, 0.29) is 0 Å². The van der Waals surface area contributed by atoms with Crippen LogP contribution in [0.5, 0.6) is 0 Å². The van der Waals surface area contributed by atoms with Gasteiger partial charge in [0.15, 0.2) is 11.5 Å². The standard InChI is InChI=1S/C26H34ClN11O/c1-39-9-8-35-15-20(16-35)36-4-6-37(7-5-36)22-11-17(12-28)10-21(23(22)27)32-26-33-24(31-18-2-3-18)25-30-14-19(13-29)38(25)34-26/h10-14,18,20,28-29H,2-9,15-16H2,1H3,(H2,31,32,33,34). The highest BCUT2D eigenvalue weighted by Gasteiger charge is 2.33. The minimum absolute atomic E-state index is 0.342. The Kier molecular flexibility index (Phi) is 7.34. The van der Waals surface area contributed by atoms with Gasteiger partial charge in [-0.1, -0.05) is 11.6 Å². The average Bonchev–Trinajstić information content (AvgIpc) is 3.65. The number of methoxy groups -OCH3 is 1. The van der Waals surface area contributed by atoms with Crippen molar-refractivity contribution in [2.75, 3.05) is 75.1 Å². The van der Waals surface area contributed by atoms with Gasteiger partial charge in [0.1, 0.15) is 5.69 Å². The van der Waals surface area contributed by atoms with Gasteiger partial charge in [0.05, 0.1) is 29.2 Å². The van der Waals surface area contributed by atoms with Gasteiger partial charge in [-0.15, -0.1) is 5.10 Å². The fourth-order valence-electron chi connectivity index (χ4n) is 5.23. The molecule has 0 bridgehead atoms. The van der Waals surface area contributed by atoms with Crippen LogP contribution in [0.1, 0.15) is 24.1 Å². The summed E-state index contributed by atoms with van der Waals surface area (Å²) in [4.78, 5) is 16.4. The van der Waals surface area contributed by atoms with Gasteiger partial charge in [-0.25, -0.2) is 9.50 Å². The molecule has 4 N–H and O–H groups in total. The van der Waals surface area contributed by atoms with Crippen LogP contribution in [-0.4, -0.2) is 113 Å². The Labute approximate surface area is 232 Å². The van der Waals surface area contributed by atoms with E-state index in [1.165, 1.54) is 12.4 Å². The molecule has 39 heavy (non-hydrogen) atoms. The molecule has 1 saturated carbocycles. The topological polar surface area (TPSA) is 134 Å². The van der Waals surface area contributed by atoms with E-state index in [0.29, 0.717) is 45.9 Å². The third-order valence-corrected chi connectivity index (χ3v) is 8.06. The van der Waals surface area contributed by atoms with Crippen LogP contribution >= 0.6 is 11.6 Å².